The van der Waals surface area contributed by atoms with Gasteiger partial charge in [-0.2, -0.15) is 0 Å². The Morgan fingerprint density at radius 1 is 1.35 bits per heavy atom. The van der Waals surface area contributed by atoms with E-state index in [4.69, 9.17) is 4.74 Å². The minimum absolute atomic E-state index is 0.0997. The van der Waals surface area contributed by atoms with Crippen LogP contribution in [-0.4, -0.2) is 53.0 Å². The van der Waals surface area contributed by atoms with E-state index in [2.05, 4.69) is 9.72 Å². The van der Waals surface area contributed by atoms with Gasteiger partial charge in [-0.15, -0.1) is 11.3 Å². The van der Waals surface area contributed by atoms with Crippen molar-refractivity contribution in [2.24, 2.45) is 0 Å². The van der Waals surface area contributed by atoms with Crippen LogP contribution in [0.4, 0.5) is 4.79 Å². The molecule has 23 heavy (non-hydrogen) atoms. The number of methoxy groups -OCH3 is 1. The molecule has 1 saturated heterocycles. The first-order chi connectivity index (χ1) is 10.7. The minimum Gasteiger partial charge on any atom is -0.464 e. The van der Waals surface area contributed by atoms with Gasteiger partial charge in [0.2, 0.25) is 5.78 Å². The van der Waals surface area contributed by atoms with Crippen LogP contribution in [0, 0.1) is 0 Å². The topological polar surface area (TPSA) is 85.8 Å². The number of Topliss-reactive ketones (excluding diaryl/α,β-unsaturated/α-hetero) is 1. The van der Waals surface area contributed by atoms with Gasteiger partial charge in [0.05, 0.1) is 7.11 Å². The van der Waals surface area contributed by atoms with Crippen LogP contribution in [-0.2, 0) is 9.47 Å². The summed E-state index contributed by atoms with van der Waals surface area (Å²) in [4.78, 5) is 41.7. The standard InChI is InChI=1S/C15H20N2O5S/c1-15(2,3)22-14(20)17-7-5-6-10(17)11(18)12-16-9(8-23-12)13(19)21-4/h8,10H,5-7H2,1-4H3/t10-/m0/s1. The lowest BCUT2D eigenvalue weighted by atomic mass is 10.1. The lowest BCUT2D eigenvalue weighted by Gasteiger charge is -2.27. The molecule has 0 spiro atoms. The van der Waals surface area contributed by atoms with Gasteiger partial charge in [-0.25, -0.2) is 14.6 Å². The van der Waals surface area contributed by atoms with Crippen LogP contribution in [0.3, 0.4) is 0 Å². The molecule has 126 valence electrons. The van der Waals surface area contributed by atoms with Crippen LogP contribution in [0.5, 0.6) is 0 Å². The van der Waals surface area contributed by atoms with Crippen molar-refractivity contribution in [3.63, 3.8) is 0 Å². The van der Waals surface area contributed by atoms with E-state index in [9.17, 15) is 14.4 Å². The average molecular weight is 340 g/mol. The fourth-order valence-corrected chi connectivity index (χ4v) is 3.08. The Hall–Kier alpha value is -1.96. The summed E-state index contributed by atoms with van der Waals surface area (Å²) in [5, 5.41) is 1.68. The Balaban J connectivity index is 2.13. The molecule has 2 heterocycles. The molecular weight excluding hydrogens is 320 g/mol. The molecule has 8 heteroatoms. The molecular formula is C15H20N2O5S. The zero-order chi connectivity index (χ0) is 17.2. The number of esters is 1. The Morgan fingerprint density at radius 2 is 2.04 bits per heavy atom. The van der Waals surface area contributed by atoms with Crippen molar-refractivity contribution < 1.29 is 23.9 Å². The first-order valence-electron chi connectivity index (χ1n) is 7.30. The van der Waals surface area contributed by atoms with Gasteiger partial charge in [-0.05, 0) is 33.6 Å². The number of thiazole rings is 1. The van der Waals surface area contributed by atoms with E-state index in [0.29, 0.717) is 13.0 Å². The first-order valence-corrected chi connectivity index (χ1v) is 8.18. The number of nitrogens with zero attached hydrogens (tertiary/aromatic N) is 2. The van der Waals surface area contributed by atoms with Crippen LogP contribution in [0.2, 0.25) is 0 Å². The maximum Gasteiger partial charge on any atom is 0.410 e. The van der Waals surface area contributed by atoms with E-state index in [-0.39, 0.29) is 16.5 Å². The zero-order valence-corrected chi connectivity index (χ0v) is 14.4. The van der Waals surface area contributed by atoms with E-state index in [1.54, 1.807) is 20.8 Å². The lowest BCUT2D eigenvalue weighted by Crippen LogP contribution is -2.43. The van der Waals surface area contributed by atoms with Gasteiger partial charge >= 0.3 is 12.1 Å². The molecule has 0 N–H and O–H groups in total. The molecule has 7 nitrogen and oxygen atoms in total. The third-order valence-electron chi connectivity index (χ3n) is 3.29. The van der Waals surface area contributed by atoms with Crippen molar-refractivity contribution in [3.8, 4) is 0 Å². The molecule has 0 aliphatic carbocycles. The molecule has 1 aromatic rings. The number of hydrogen-bond donors (Lipinski definition) is 0. The van der Waals surface area contributed by atoms with Crippen LogP contribution in [0.25, 0.3) is 0 Å². The summed E-state index contributed by atoms with van der Waals surface area (Å²) in [6, 6.07) is -0.596. The molecule has 0 radical (unpaired) electrons. The SMILES string of the molecule is COC(=O)c1csc(C(=O)[C@@H]2CCCN2C(=O)OC(C)(C)C)n1. The van der Waals surface area contributed by atoms with Gasteiger partial charge in [0.25, 0.3) is 0 Å². The number of carbonyl (C=O) groups is 3. The van der Waals surface area contributed by atoms with Gasteiger partial charge in [-0.3, -0.25) is 9.69 Å². The summed E-state index contributed by atoms with van der Waals surface area (Å²) in [6.45, 7) is 5.81. The molecule has 0 aromatic carbocycles. The number of likely N-dealkylation sites (tertiary alicyclic amines) is 1. The first kappa shape index (κ1) is 17.4. The van der Waals surface area contributed by atoms with Gasteiger partial charge in [0, 0.05) is 11.9 Å². The second-order valence-electron chi connectivity index (χ2n) is 6.23. The van der Waals surface area contributed by atoms with Crippen molar-refractivity contribution >= 4 is 29.2 Å². The highest BCUT2D eigenvalue weighted by Crippen LogP contribution is 2.25. The van der Waals surface area contributed by atoms with Crippen LogP contribution >= 0.6 is 11.3 Å². The van der Waals surface area contributed by atoms with Crippen molar-refractivity contribution in [1.82, 2.24) is 9.88 Å². The molecule has 1 fully saturated rings. The fraction of sp³-hybridized carbons (Fsp3) is 0.600. The maximum absolute atomic E-state index is 12.6. The second-order valence-corrected chi connectivity index (χ2v) is 7.08. The van der Waals surface area contributed by atoms with Crippen molar-refractivity contribution in [2.45, 2.75) is 45.3 Å². The molecule has 0 unspecified atom stereocenters. The zero-order valence-electron chi connectivity index (χ0n) is 13.6. The number of carbonyl (C=O) groups excluding carboxylic acids is 3. The van der Waals surface area contributed by atoms with Crippen LogP contribution < -0.4 is 0 Å². The van der Waals surface area contributed by atoms with Crippen molar-refractivity contribution in [3.05, 3.63) is 16.1 Å². The van der Waals surface area contributed by atoms with Gasteiger partial charge in [0.15, 0.2) is 10.7 Å². The normalized spacial score (nSPS) is 17.9. The van der Waals surface area contributed by atoms with E-state index in [1.165, 1.54) is 17.4 Å². The highest BCUT2D eigenvalue weighted by Gasteiger charge is 2.38. The second kappa shape index (κ2) is 6.66. The molecule has 1 aliphatic heterocycles. The van der Waals surface area contributed by atoms with E-state index in [0.717, 1.165) is 17.8 Å². The summed E-state index contributed by atoms with van der Waals surface area (Å²) in [5.41, 5.74) is -0.519. The number of aromatic nitrogens is 1. The molecule has 2 rings (SSSR count). The number of ether oxygens (including phenoxy) is 2. The Bertz CT molecular complexity index is 620. The van der Waals surface area contributed by atoms with E-state index < -0.39 is 23.7 Å². The van der Waals surface area contributed by atoms with E-state index in [1.807, 2.05) is 0 Å². The molecule has 0 saturated carbocycles. The quantitative estimate of drug-likeness (QED) is 0.621. The van der Waals surface area contributed by atoms with E-state index >= 15 is 0 Å². The summed E-state index contributed by atoms with van der Waals surface area (Å²) in [7, 11) is 1.25. The smallest absolute Gasteiger partial charge is 0.410 e. The number of ketones is 1. The number of rotatable bonds is 3. The Kier molecular flexibility index (Phi) is 5.03. The number of amides is 1. The third kappa shape index (κ3) is 4.07. The Labute approximate surface area is 138 Å². The average Bonchev–Trinajstić information content (AvgIpc) is 3.12. The number of hydrogen-bond acceptors (Lipinski definition) is 7. The van der Waals surface area contributed by atoms with Gasteiger partial charge in [-0.1, -0.05) is 0 Å². The summed E-state index contributed by atoms with van der Waals surface area (Å²) in [6.07, 6.45) is 0.786. The van der Waals surface area contributed by atoms with Gasteiger partial charge in [0.1, 0.15) is 11.6 Å². The predicted molar refractivity (Wildman–Crippen MR) is 83.7 cm³/mol. The molecule has 0 bridgehead atoms. The molecule has 1 atom stereocenters. The van der Waals surface area contributed by atoms with Crippen molar-refractivity contribution in [2.75, 3.05) is 13.7 Å². The highest BCUT2D eigenvalue weighted by atomic mass is 32.1. The molecule has 1 amide bonds. The summed E-state index contributed by atoms with van der Waals surface area (Å²) < 4.78 is 9.92. The highest BCUT2D eigenvalue weighted by molar-refractivity contribution is 7.12. The van der Waals surface area contributed by atoms with Crippen LogP contribution in [0.15, 0.2) is 5.38 Å². The Morgan fingerprint density at radius 3 is 2.65 bits per heavy atom. The van der Waals surface area contributed by atoms with Gasteiger partial charge < -0.3 is 9.47 Å². The maximum atomic E-state index is 12.6. The minimum atomic E-state index is -0.619. The van der Waals surface area contributed by atoms with Crippen molar-refractivity contribution in [1.29, 1.82) is 0 Å². The fourth-order valence-electron chi connectivity index (χ4n) is 2.31. The third-order valence-corrected chi connectivity index (χ3v) is 4.15. The summed E-state index contributed by atoms with van der Waals surface area (Å²) in [5.74, 6) is -0.857. The monoisotopic (exact) mass is 340 g/mol. The lowest BCUT2D eigenvalue weighted by molar-refractivity contribution is 0.0222. The molecule has 1 aromatic heterocycles. The molecule has 1 aliphatic rings. The summed E-state index contributed by atoms with van der Waals surface area (Å²) >= 11 is 1.07. The van der Waals surface area contributed by atoms with Crippen LogP contribution in [0.1, 0.15) is 53.9 Å². The predicted octanol–water partition coefficient (Wildman–Crippen LogP) is 2.51. The largest absolute Gasteiger partial charge is 0.464 e.